The van der Waals surface area contributed by atoms with Crippen LogP contribution in [0.4, 0.5) is 33.3 Å². The van der Waals surface area contributed by atoms with Gasteiger partial charge in [-0.2, -0.15) is 13.2 Å². The molecule has 298 valence electrons. The number of nitrogens with zero attached hydrogens (tertiary/aromatic N) is 3. The monoisotopic (exact) mass is 779 g/mol. The number of nitrogens with one attached hydrogen (secondary N) is 2. The maximum Gasteiger partial charge on any atom is 0.417 e. The summed E-state index contributed by atoms with van der Waals surface area (Å²) < 4.78 is 79.5. The first kappa shape index (κ1) is 42.8. The summed E-state index contributed by atoms with van der Waals surface area (Å²) in [5.41, 5.74) is -2.55. The minimum Gasteiger partial charge on any atom is -0.477 e. The van der Waals surface area contributed by atoms with Gasteiger partial charge in [-0.15, -0.1) is 0 Å². The lowest BCUT2D eigenvalue weighted by Crippen LogP contribution is -2.55. The van der Waals surface area contributed by atoms with E-state index in [2.05, 4.69) is 39.3 Å². The number of carbonyl (C=O) groups is 2. The Morgan fingerprint density at radius 1 is 0.907 bits per heavy atom. The fourth-order valence-electron chi connectivity index (χ4n) is 6.89. The first-order chi connectivity index (χ1) is 24.7. The maximum atomic E-state index is 15.6. The molecular weight excluding hydrogens is 726 g/mol. The van der Waals surface area contributed by atoms with Crippen molar-refractivity contribution in [1.82, 2.24) is 15.2 Å². The van der Waals surface area contributed by atoms with Crippen LogP contribution in [0.15, 0.2) is 42.6 Å². The minimum atomic E-state index is -4.91. The number of hydrogen-bond donors (Lipinski definition) is 2. The number of amides is 2. The topological polar surface area (TPSA) is 86.8 Å². The number of ether oxygens (including phenoxy) is 1. The molecule has 3 aromatic rings. The number of benzene rings is 2. The molecule has 1 fully saturated rings. The number of hydrogen-bond acceptors (Lipinski definition) is 6. The molecule has 2 heterocycles. The molecule has 0 unspecified atom stereocenters. The SMILES string of the molecule is C[C@@H]1CN(c2ccc(-c3cc(C(=O)NC(C)(C)CC(C)(C)C)c(F)cc3F)cc2NC(=O)c2cnc(OCCS(C)(C)C)cc2C(F)(F)F)C[C@H](C)N1C. The van der Waals surface area contributed by atoms with Crippen molar-refractivity contribution in [1.29, 1.82) is 0 Å². The molecule has 4 rings (SSSR count). The quantitative estimate of drug-likeness (QED) is 0.189. The molecule has 1 aromatic heterocycles. The lowest BCUT2D eigenvalue weighted by atomic mass is 9.81. The van der Waals surface area contributed by atoms with Crippen molar-refractivity contribution in [2.75, 3.05) is 61.5 Å². The van der Waals surface area contributed by atoms with Gasteiger partial charge < -0.3 is 20.3 Å². The molecule has 2 N–H and O–H groups in total. The van der Waals surface area contributed by atoms with Crippen molar-refractivity contribution in [3.8, 4) is 17.0 Å². The first-order valence-electron chi connectivity index (χ1n) is 17.8. The van der Waals surface area contributed by atoms with Crippen LogP contribution >= 0.6 is 10.0 Å². The van der Waals surface area contributed by atoms with E-state index in [4.69, 9.17) is 4.74 Å². The molecular formula is C40H54F5N5O3S. The van der Waals surface area contributed by atoms with E-state index in [9.17, 15) is 22.8 Å². The van der Waals surface area contributed by atoms with E-state index < -0.39 is 56.3 Å². The third kappa shape index (κ3) is 11.1. The molecule has 1 aliphatic heterocycles. The van der Waals surface area contributed by atoms with Gasteiger partial charge >= 0.3 is 6.18 Å². The molecule has 1 aliphatic rings. The molecule has 0 saturated carbocycles. The molecule has 0 bridgehead atoms. The normalized spacial score (nSPS) is 17.7. The zero-order valence-corrected chi connectivity index (χ0v) is 33.9. The van der Waals surface area contributed by atoms with E-state index in [-0.39, 0.29) is 52.4 Å². The largest absolute Gasteiger partial charge is 0.477 e. The Kier molecular flexibility index (Phi) is 12.7. The summed E-state index contributed by atoms with van der Waals surface area (Å²) in [5.74, 6) is -3.43. The van der Waals surface area contributed by atoms with E-state index in [0.29, 0.717) is 37.0 Å². The van der Waals surface area contributed by atoms with Crippen molar-refractivity contribution in [2.24, 2.45) is 5.41 Å². The average molecular weight is 780 g/mol. The molecule has 0 spiro atoms. The van der Waals surface area contributed by atoms with Crippen molar-refractivity contribution in [3.05, 3.63) is 70.9 Å². The molecule has 0 radical (unpaired) electrons. The van der Waals surface area contributed by atoms with E-state index >= 15 is 8.78 Å². The summed E-state index contributed by atoms with van der Waals surface area (Å²) >= 11 is 0. The van der Waals surface area contributed by atoms with Crippen LogP contribution in [0, 0.1) is 17.0 Å². The van der Waals surface area contributed by atoms with Crippen molar-refractivity contribution in [2.45, 2.75) is 78.7 Å². The van der Waals surface area contributed by atoms with Gasteiger partial charge in [-0.25, -0.2) is 23.8 Å². The molecule has 2 aromatic carbocycles. The summed E-state index contributed by atoms with van der Waals surface area (Å²) in [6.45, 7) is 15.0. The molecule has 54 heavy (non-hydrogen) atoms. The first-order valence-corrected chi connectivity index (χ1v) is 20.9. The number of aromatic nitrogens is 1. The predicted octanol–water partition coefficient (Wildman–Crippen LogP) is 8.84. The molecule has 1 saturated heterocycles. The fourth-order valence-corrected chi connectivity index (χ4v) is 7.47. The second-order valence-corrected chi connectivity index (χ2v) is 21.6. The summed E-state index contributed by atoms with van der Waals surface area (Å²) in [5, 5.41) is 5.50. The summed E-state index contributed by atoms with van der Waals surface area (Å²) in [6.07, 6.45) is 2.68. The predicted molar refractivity (Wildman–Crippen MR) is 209 cm³/mol. The van der Waals surface area contributed by atoms with Gasteiger partial charge in [0.25, 0.3) is 11.8 Å². The van der Waals surface area contributed by atoms with E-state index in [1.165, 1.54) is 6.07 Å². The van der Waals surface area contributed by atoms with Crippen LogP contribution in [0.25, 0.3) is 11.1 Å². The highest BCUT2D eigenvalue weighted by Crippen LogP contribution is 2.39. The molecule has 0 aliphatic carbocycles. The highest BCUT2D eigenvalue weighted by molar-refractivity contribution is 8.32. The number of anilines is 2. The van der Waals surface area contributed by atoms with E-state index in [1.807, 2.05) is 60.4 Å². The Morgan fingerprint density at radius 3 is 2.11 bits per heavy atom. The Hall–Kier alpha value is -3.91. The Bertz CT molecular complexity index is 1840. The van der Waals surface area contributed by atoms with Crippen LogP contribution in [0.3, 0.4) is 0 Å². The van der Waals surface area contributed by atoms with Gasteiger partial charge in [-0.05, 0) is 89.1 Å². The van der Waals surface area contributed by atoms with Gasteiger partial charge in [0.2, 0.25) is 5.88 Å². The van der Waals surface area contributed by atoms with Gasteiger partial charge in [-0.3, -0.25) is 14.5 Å². The minimum absolute atomic E-state index is 0.0867. The maximum absolute atomic E-state index is 15.6. The van der Waals surface area contributed by atoms with Gasteiger partial charge in [0.15, 0.2) is 0 Å². The van der Waals surface area contributed by atoms with Crippen LogP contribution in [0.5, 0.6) is 5.88 Å². The van der Waals surface area contributed by atoms with Crippen molar-refractivity contribution < 1.29 is 36.3 Å². The highest BCUT2D eigenvalue weighted by atomic mass is 32.3. The fraction of sp³-hybridized carbons (Fsp3) is 0.525. The third-order valence-corrected chi connectivity index (χ3v) is 10.7. The molecule has 14 heteroatoms. The second kappa shape index (κ2) is 16.1. The van der Waals surface area contributed by atoms with E-state index in [0.717, 1.165) is 18.3 Å². The number of alkyl halides is 3. The van der Waals surface area contributed by atoms with Crippen LogP contribution in [0.2, 0.25) is 0 Å². The Morgan fingerprint density at radius 2 is 1.54 bits per heavy atom. The van der Waals surface area contributed by atoms with Gasteiger partial charge in [0.1, 0.15) is 11.6 Å². The average Bonchev–Trinajstić information content (AvgIpc) is 3.01. The summed E-state index contributed by atoms with van der Waals surface area (Å²) in [7, 11) is 1.03. The smallest absolute Gasteiger partial charge is 0.417 e. The summed E-state index contributed by atoms with van der Waals surface area (Å²) in [4.78, 5) is 35.4. The number of rotatable bonds is 11. The van der Waals surface area contributed by atoms with Crippen LogP contribution in [0.1, 0.15) is 81.2 Å². The van der Waals surface area contributed by atoms with Crippen LogP contribution in [-0.2, 0) is 6.18 Å². The third-order valence-electron chi connectivity index (χ3n) is 9.36. The van der Waals surface area contributed by atoms with Crippen LogP contribution < -0.4 is 20.3 Å². The zero-order chi connectivity index (χ0) is 40.6. The summed E-state index contributed by atoms with van der Waals surface area (Å²) in [6, 6.07) is 7.28. The van der Waals surface area contributed by atoms with Gasteiger partial charge in [-0.1, -0.05) is 26.8 Å². The Labute approximate surface area is 317 Å². The standard InChI is InChI=1S/C40H54F5N5O3S/c1-24-21-50(22-25(2)49(24)8)34-13-12-26(27-17-28(32(42)19-31(27)41)37(52)48-39(6,7)23-38(3,4)5)16-33(34)47-36(51)29-20-46-35(18-30(29)40(43,44)45)53-14-15-54(9,10)11/h12-13,16-20,24-25H,14-15,21-23H2,1-11H3,(H,47,51)(H,48,52)/t24-,25+. The lowest BCUT2D eigenvalue weighted by molar-refractivity contribution is -0.138. The van der Waals surface area contributed by atoms with Crippen LogP contribution in [-0.4, -0.2) is 90.6 Å². The molecule has 8 nitrogen and oxygen atoms in total. The van der Waals surface area contributed by atoms with Crippen molar-refractivity contribution in [3.63, 3.8) is 0 Å². The van der Waals surface area contributed by atoms with E-state index in [1.54, 1.807) is 12.1 Å². The second-order valence-electron chi connectivity index (χ2n) is 17.1. The van der Waals surface area contributed by atoms with Gasteiger partial charge in [0.05, 0.1) is 34.7 Å². The number of piperazine rings is 1. The number of halogens is 5. The number of carbonyl (C=O) groups excluding carboxylic acids is 2. The number of likely N-dealkylation sites (N-methyl/N-ethyl adjacent to an activating group) is 1. The Balaban J connectivity index is 1.77. The van der Waals surface area contributed by atoms with Crippen molar-refractivity contribution >= 4 is 33.2 Å². The molecule has 2 atom stereocenters. The zero-order valence-electron chi connectivity index (χ0n) is 33.1. The van der Waals surface area contributed by atoms with Gasteiger partial charge in [0, 0.05) is 60.4 Å². The number of pyridine rings is 1. The lowest BCUT2D eigenvalue weighted by Gasteiger charge is -2.44. The highest BCUT2D eigenvalue weighted by Gasteiger charge is 2.37. The molecule has 2 amide bonds.